The van der Waals surface area contributed by atoms with Crippen LogP contribution < -0.4 is 5.46 Å². The molecule has 0 aliphatic carbocycles. The van der Waals surface area contributed by atoms with Crippen molar-refractivity contribution >= 4 is 12.6 Å². The lowest BCUT2D eigenvalue weighted by atomic mass is 9.79. The molecular weight excluding hydrogens is 250 g/mol. The van der Waals surface area contributed by atoms with Crippen LogP contribution >= 0.6 is 0 Å². The molecule has 0 aromatic heterocycles. The average molecular weight is 268 g/mol. The summed E-state index contributed by atoms with van der Waals surface area (Å²) in [5.74, 6) is -0.630. The van der Waals surface area contributed by atoms with Crippen LogP contribution in [0.2, 0.25) is 0 Å². The van der Waals surface area contributed by atoms with E-state index >= 15 is 0 Å². The van der Waals surface area contributed by atoms with Gasteiger partial charge in [0.2, 0.25) is 0 Å². The predicted molar refractivity (Wildman–Crippen MR) is 69.5 cm³/mol. The molecule has 1 aromatic carbocycles. The minimum absolute atomic E-state index is 0.130. The van der Waals surface area contributed by atoms with Crippen LogP contribution in [0.4, 0.5) is 4.39 Å². The van der Waals surface area contributed by atoms with Gasteiger partial charge in [-0.3, -0.25) is 0 Å². The molecule has 0 saturated carbocycles. The Hall–Kier alpha value is -0.945. The van der Waals surface area contributed by atoms with Crippen LogP contribution in [0.25, 0.3) is 0 Å². The van der Waals surface area contributed by atoms with Crippen LogP contribution in [0.3, 0.4) is 0 Å². The lowest BCUT2D eigenvalue weighted by Gasteiger charge is -2.22. The van der Waals surface area contributed by atoms with E-state index in [0.717, 1.165) is 25.9 Å². The number of halogens is 1. The van der Waals surface area contributed by atoms with E-state index in [2.05, 4.69) is 0 Å². The van der Waals surface area contributed by atoms with Gasteiger partial charge in [0.15, 0.2) is 0 Å². The van der Waals surface area contributed by atoms with Gasteiger partial charge in [0.05, 0.1) is 19.3 Å². The van der Waals surface area contributed by atoms with Gasteiger partial charge in [-0.05, 0) is 30.9 Å². The van der Waals surface area contributed by atoms with E-state index in [1.165, 1.54) is 12.1 Å². The monoisotopic (exact) mass is 268 g/mol. The molecule has 1 aliphatic rings. The summed E-state index contributed by atoms with van der Waals surface area (Å²) >= 11 is 0. The summed E-state index contributed by atoms with van der Waals surface area (Å²) in [5, 5.41) is 18.0. The van der Waals surface area contributed by atoms with Crippen molar-refractivity contribution < 1.29 is 23.9 Å². The maximum Gasteiger partial charge on any atom is 0.491 e. The highest BCUT2D eigenvalue weighted by Crippen LogP contribution is 2.13. The Kier molecular flexibility index (Phi) is 5.33. The molecule has 6 heteroatoms. The molecule has 0 spiro atoms. The van der Waals surface area contributed by atoms with E-state index in [0.29, 0.717) is 18.8 Å². The van der Waals surface area contributed by atoms with Crippen molar-refractivity contribution in [2.75, 3.05) is 13.2 Å². The predicted octanol–water partition coefficient (Wildman–Crippen LogP) is 0.591. The highest BCUT2D eigenvalue weighted by Gasteiger charge is 2.17. The normalized spacial score (nSPS) is 19.4. The summed E-state index contributed by atoms with van der Waals surface area (Å²) in [6.45, 7) is 1.60. The van der Waals surface area contributed by atoms with Gasteiger partial charge < -0.3 is 19.5 Å². The minimum atomic E-state index is -1.80. The van der Waals surface area contributed by atoms with Gasteiger partial charge in [-0.1, -0.05) is 12.1 Å². The summed E-state index contributed by atoms with van der Waals surface area (Å²) < 4.78 is 24.3. The first-order chi connectivity index (χ1) is 9.16. The maximum atomic E-state index is 13.3. The van der Waals surface area contributed by atoms with E-state index in [4.69, 9.17) is 19.5 Å². The fraction of sp³-hybridized carbons (Fsp3) is 0.538. The molecule has 0 bridgehead atoms. The Bertz CT molecular complexity index is 408. The van der Waals surface area contributed by atoms with Crippen LogP contribution in [-0.4, -0.2) is 36.5 Å². The zero-order chi connectivity index (χ0) is 13.7. The Morgan fingerprint density at radius 3 is 2.89 bits per heavy atom. The Morgan fingerprint density at radius 2 is 2.21 bits per heavy atom. The Labute approximate surface area is 112 Å². The van der Waals surface area contributed by atoms with Crippen molar-refractivity contribution in [2.45, 2.75) is 32.0 Å². The third-order valence-corrected chi connectivity index (χ3v) is 3.19. The zero-order valence-electron chi connectivity index (χ0n) is 10.7. The first kappa shape index (κ1) is 14.5. The molecule has 1 aromatic rings. The Balaban J connectivity index is 1.83. The standard InChI is InChI=1S/C13H18BFO4/c15-13-5-4-10(7-12(13)14(16)17)8-18-9-11-3-1-2-6-19-11/h4-5,7,11,16-17H,1-3,6,8-9H2. The molecule has 2 rings (SSSR count). The van der Waals surface area contributed by atoms with Gasteiger partial charge in [0, 0.05) is 12.1 Å². The van der Waals surface area contributed by atoms with Crippen LogP contribution in [0, 0.1) is 5.82 Å². The van der Waals surface area contributed by atoms with E-state index < -0.39 is 12.9 Å². The van der Waals surface area contributed by atoms with Crippen molar-refractivity contribution in [3.8, 4) is 0 Å². The molecular formula is C13H18BFO4. The first-order valence-electron chi connectivity index (χ1n) is 6.50. The van der Waals surface area contributed by atoms with Gasteiger partial charge >= 0.3 is 7.12 Å². The second-order valence-corrected chi connectivity index (χ2v) is 4.73. The van der Waals surface area contributed by atoms with Gasteiger partial charge in [-0.25, -0.2) is 4.39 Å². The molecule has 4 nitrogen and oxygen atoms in total. The molecule has 1 atom stereocenters. The molecule has 1 fully saturated rings. The zero-order valence-corrected chi connectivity index (χ0v) is 10.7. The number of benzene rings is 1. The molecule has 104 valence electrons. The summed E-state index contributed by atoms with van der Waals surface area (Å²) in [5.41, 5.74) is 0.579. The maximum absolute atomic E-state index is 13.3. The lowest BCUT2D eigenvalue weighted by molar-refractivity contribution is -0.0447. The SMILES string of the molecule is OB(O)c1cc(COCC2CCCCO2)ccc1F. The van der Waals surface area contributed by atoms with Gasteiger partial charge in [0.25, 0.3) is 0 Å². The third-order valence-electron chi connectivity index (χ3n) is 3.19. The van der Waals surface area contributed by atoms with Crippen LogP contribution in [-0.2, 0) is 16.1 Å². The highest BCUT2D eigenvalue weighted by atomic mass is 19.1. The Morgan fingerprint density at radius 1 is 1.37 bits per heavy atom. The number of hydrogen-bond donors (Lipinski definition) is 2. The topological polar surface area (TPSA) is 58.9 Å². The largest absolute Gasteiger partial charge is 0.491 e. The quantitative estimate of drug-likeness (QED) is 0.767. The van der Waals surface area contributed by atoms with Crippen molar-refractivity contribution in [3.05, 3.63) is 29.6 Å². The van der Waals surface area contributed by atoms with Crippen molar-refractivity contribution in [2.24, 2.45) is 0 Å². The fourth-order valence-corrected chi connectivity index (χ4v) is 2.13. The van der Waals surface area contributed by atoms with Gasteiger partial charge in [-0.2, -0.15) is 0 Å². The first-order valence-corrected chi connectivity index (χ1v) is 6.50. The fourth-order valence-electron chi connectivity index (χ4n) is 2.13. The molecule has 19 heavy (non-hydrogen) atoms. The molecule has 1 unspecified atom stereocenters. The minimum Gasteiger partial charge on any atom is -0.423 e. The molecule has 0 radical (unpaired) electrons. The van der Waals surface area contributed by atoms with Gasteiger partial charge in [-0.15, -0.1) is 0 Å². The van der Waals surface area contributed by atoms with Crippen LogP contribution in [0.15, 0.2) is 18.2 Å². The van der Waals surface area contributed by atoms with Crippen molar-refractivity contribution in [1.82, 2.24) is 0 Å². The van der Waals surface area contributed by atoms with E-state index in [9.17, 15) is 4.39 Å². The van der Waals surface area contributed by atoms with Crippen molar-refractivity contribution in [1.29, 1.82) is 0 Å². The third kappa shape index (κ3) is 4.28. The number of ether oxygens (including phenoxy) is 2. The van der Waals surface area contributed by atoms with E-state index in [-0.39, 0.29) is 11.6 Å². The van der Waals surface area contributed by atoms with Crippen LogP contribution in [0.5, 0.6) is 0 Å². The van der Waals surface area contributed by atoms with Gasteiger partial charge in [0.1, 0.15) is 5.82 Å². The second kappa shape index (κ2) is 7.00. The summed E-state index contributed by atoms with van der Waals surface area (Å²) in [6, 6.07) is 4.19. The summed E-state index contributed by atoms with van der Waals surface area (Å²) in [7, 11) is -1.80. The molecule has 1 saturated heterocycles. The van der Waals surface area contributed by atoms with Crippen molar-refractivity contribution in [3.63, 3.8) is 0 Å². The summed E-state index contributed by atoms with van der Waals surface area (Å²) in [6.07, 6.45) is 3.40. The molecule has 1 heterocycles. The highest BCUT2D eigenvalue weighted by molar-refractivity contribution is 6.58. The smallest absolute Gasteiger partial charge is 0.423 e. The number of hydrogen-bond acceptors (Lipinski definition) is 4. The average Bonchev–Trinajstić information content (AvgIpc) is 2.41. The lowest BCUT2D eigenvalue weighted by Crippen LogP contribution is -2.33. The van der Waals surface area contributed by atoms with Crippen LogP contribution in [0.1, 0.15) is 24.8 Å². The summed E-state index contributed by atoms with van der Waals surface area (Å²) in [4.78, 5) is 0. The second-order valence-electron chi connectivity index (χ2n) is 4.73. The molecule has 1 aliphatic heterocycles. The van der Waals surface area contributed by atoms with E-state index in [1.54, 1.807) is 6.07 Å². The molecule has 0 amide bonds. The molecule has 2 N–H and O–H groups in total. The number of rotatable bonds is 5. The van der Waals surface area contributed by atoms with E-state index in [1.807, 2.05) is 0 Å².